The third-order valence-electron chi connectivity index (χ3n) is 2.76. The third kappa shape index (κ3) is 4.33. The van der Waals surface area contributed by atoms with Crippen LogP contribution in [0.2, 0.25) is 0 Å². The number of nitriles is 1. The number of aromatic nitrogens is 1. The van der Waals surface area contributed by atoms with Gasteiger partial charge in [-0.3, -0.25) is 14.7 Å². The summed E-state index contributed by atoms with van der Waals surface area (Å²) in [4.78, 5) is 17.4. The van der Waals surface area contributed by atoms with Crippen LogP contribution in [0.5, 0.6) is 0 Å². The molecule has 0 radical (unpaired) electrons. The number of Topliss-reactive ketones (excluding diaryl/α,β-unsaturated/α-hetero) is 1. The molecule has 1 heterocycles. The average Bonchev–Trinajstić information content (AvgIpc) is 2.34. The van der Waals surface area contributed by atoms with E-state index in [4.69, 9.17) is 5.26 Å². The van der Waals surface area contributed by atoms with E-state index in [1.807, 2.05) is 24.0 Å². The first-order chi connectivity index (χ1) is 8.15. The molecule has 90 valence electrons. The van der Waals surface area contributed by atoms with Crippen LogP contribution < -0.4 is 0 Å². The van der Waals surface area contributed by atoms with Gasteiger partial charge in [-0.1, -0.05) is 6.07 Å². The van der Waals surface area contributed by atoms with Gasteiger partial charge in [0.05, 0.1) is 12.1 Å². The van der Waals surface area contributed by atoms with Crippen molar-refractivity contribution in [3.8, 4) is 6.07 Å². The van der Waals surface area contributed by atoms with Gasteiger partial charge in [0.15, 0.2) is 0 Å². The maximum Gasteiger partial charge on any atom is 0.146 e. The molecule has 17 heavy (non-hydrogen) atoms. The maximum absolute atomic E-state index is 11.4. The molecule has 1 aromatic heterocycles. The van der Waals surface area contributed by atoms with Crippen LogP contribution in [0.4, 0.5) is 0 Å². The van der Waals surface area contributed by atoms with Gasteiger partial charge in [-0.05, 0) is 25.5 Å². The predicted octanol–water partition coefficient (Wildman–Crippen LogP) is 1.77. The van der Waals surface area contributed by atoms with E-state index in [-0.39, 0.29) is 11.8 Å². The Morgan fingerprint density at radius 2 is 2.41 bits per heavy atom. The largest absolute Gasteiger partial charge is 0.298 e. The lowest BCUT2D eigenvalue weighted by Gasteiger charge is -2.26. The van der Waals surface area contributed by atoms with E-state index in [0.717, 1.165) is 5.56 Å². The highest BCUT2D eigenvalue weighted by atomic mass is 16.1. The number of carbonyl (C=O) groups is 1. The average molecular weight is 231 g/mol. The number of carbonyl (C=O) groups excluding carboxylic acids is 1. The van der Waals surface area contributed by atoms with Gasteiger partial charge in [-0.15, -0.1) is 0 Å². The first kappa shape index (κ1) is 13.3. The molecule has 4 heteroatoms. The number of hydrogen-bond donors (Lipinski definition) is 0. The van der Waals surface area contributed by atoms with Gasteiger partial charge in [0.25, 0.3) is 0 Å². The Morgan fingerprint density at radius 3 is 2.94 bits per heavy atom. The fourth-order valence-corrected chi connectivity index (χ4v) is 1.59. The molecular formula is C13H17N3O. The van der Waals surface area contributed by atoms with Crippen molar-refractivity contribution < 1.29 is 4.79 Å². The minimum atomic E-state index is -0.163. The topological polar surface area (TPSA) is 57.0 Å². The summed E-state index contributed by atoms with van der Waals surface area (Å²) in [6.07, 6.45) is 3.93. The Morgan fingerprint density at radius 1 is 1.65 bits per heavy atom. The number of hydrogen-bond acceptors (Lipinski definition) is 4. The molecule has 0 bridgehead atoms. The third-order valence-corrected chi connectivity index (χ3v) is 2.76. The van der Waals surface area contributed by atoms with Gasteiger partial charge in [-0.2, -0.15) is 5.26 Å². The Labute approximate surface area is 102 Å². The van der Waals surface area contributed by atoms with Gasteiger partial charge in [0.2, 0.25) is 0 Å². The van der Waals surface area contributed by atoms with Crippen LogP contribution in [-0.4, -0.2) is 28.3 Å². The minimum Gasteiger partial charge on any atom is -0.298 e. The van der Waals surface area contributed by atoms with E-state index in [9.17, 15) is 4.79 Å². The van der Waals surface area contributed by atoms with Crippen molar-refractivity contribution in [2.45, 2.75) is 32.9 Å². The predicted molar refractivity (Wildman–Crippen MR) is 65.0 cm³/mol. The van der Waals surface area contributed by atoms with Crippen LogP contribution in [0.3, 0.4) is 0 Å². The standard InChI is InChI=1S/C13H17N3O/c1-11(12(2)17)16(8-4-6-14)10-13-5-3-7-15-9-13/h3,5,7,9,11H,4,8,10H2,1-2H3. The van der Waals surface area contributed by atoms with Gasteiger partial charge in [0.1, 0.15) is 5.78 Å². The monoisotopic (exact) mass is 231 g/mol. The Kier molecular flexibility index (Phi) is 5.31. The zero-order valence-electron chi connectivity index (χ0n) is 10.3. The van der Waals surface area contributed by atoms with Gasteiger partial charge >= 0.3 is 0 Å². The summed E-state index contributed by atoms with van der Waals surface area (Å²) in [6.45, 7) is 4.70. The van der Waals surface area contributed by atoms with Crippen LogP contribution in [0, 0.1) is 11.3 Å². The number of pyridine rings is 1. The van der Waals surface area contributed by atoms with E-state index in [1.54, 1.807) is 19.3 Å². The van der Waals surface area contributed by atoms with Crippen LogP contribution in [0.15, 0.2) is 24.5 Å². The molecule has 0 amide bonds. The summed E-state index contributed by atoms with van der Waals surface area (Å²) in [5.74, 6) is 0.117. The van der Waals surface area contributed by atoms with Crippen molar-refractivity contribution in [2.75, 3.05) is 6.54 Å². The van der Waals surface area contributed by atoms with Crippen LogP contribution in [-0.2, 0) is 11.3 Å². The van der Waals surface area contributed by atoms with Crippen LogP contribution >= 0.6 is 0 Å². The lowest BCUT2D eigenvalue weighted by atomic mass is 10.1. The summed E-state index contributed by atoms with van der Waals surface area (Å²) in [6, 6.07) is 5.79. The molecule has 4 nitrogen and oxygen atoms in total. The highest BCUT2D eigenvalue weighted by Crippen LogP contribution is 2.08. The zero-order valence-corrected chi connectivity index (χ0v) is 10.3. The zero-order chi connectivity index (χ0) is 12.7. The van der Waals surface area contributed by atoms with Gasteiger partial charge in [0, 0.05) is 31.9 Å². The molecule has 0 saturated heterocycles. The Hall–Kier alpha value is -1.73. The van der Waals surface area contributed by atoms with Crippen molar-refractivity contribution in [3.63, 3.8) is 0 Å². The number of nitrogens with zero attached hydrogens (tertiary/aromatic N) is 3. The molecule has 0 aliphatic carbocycles. The normalized spacial score (nSPS) is 12.1. The smallest absolute Gasteiger partial charge is 0.146 e. The summed E-state index contributed by atoms with van der Waals surface area (Å²) in [5, 5.41) is 8.63. The van der Waals surface area contributed by atoms with Crippen molar-refractivity contribution in [1.82, 2.24) is 9.88 Å². The van der Waals surface area contributed by atoms with Crippen molar-refractivity contribution in [1.29, 1.82) is 5.26 Å². The van der Waals surface area contributed by atoms with Gasteiger partial charge < -0.3 is 0 Å². The molecule has 1 atom stereocenters. The molecule has 1 rings (SSSR count). The highest BCUT2D eigenvalue weighted by Gasteiger charge is 2.17. The number of ketones is 1. The van der Waals surface area contributed by atoms with Crippen LogP contribution in [0.1, 0.15) is 25.8 Å². The molecular weight excluding hydrogens is 214 g/mol. The van der Waals surface area contributed by atoms with E-state index >= 15 is 0 Å². The Balaban J connectivity index is 2.70. The molecule has 0 fully saturated rings. The van der Waals surface area contributed by atoms with Crippen LogP contribution in [0.25, 0.3) is 0 Å². The number of rotatable bonds is 6. The molecule has 0 aliphatic rings. The second-order valence-electron chi connectivity index (χ2n) is 4.03. The molecule has 0 spiro atoms. The van der Waals surface area contributed by atoms with Crippen molar-refractivity contribution in [3.05, 3.63) is 30.1 Å². The molecule has 0 N–H and O–H groups in total. The molecule has 0 saturated carbocycles. The van der Waals surface area contributed by atoms with Crippen molar-refractivity contribution in [2.24, 2.45) is 0 Å². The maximum atomic E-state index is 11.4. The summed E-state index contributed by atoms with van der Waals surface area (Å²) in [5.41, 5.74) is 1.05. The quantitative estimate of drug-likeness (QED) is 0.748. The first-order valence-corrected chi connectivity index (χ1v) is 5.65. The van der Waals surface area contributed by atoms with E-state index < -0.39 is 0 Å². The first-order valence-electron chi connectivity index (χ1n) is 5.65. The fraction of sp³-hybridized carbons (Fsp3) is 0.462. The van der Waals surface area contributed by atoms with E-state index in [1.165, 1.54) is 0 Å². The molecule has 0 aromatic carbocycles. The highest BCUT2D eigenvalue weighted by molar-refractivity contribution is 5.80. The summed E-state index contributed by atoms with van der Waals surface area (Å²) in [7, 11) is 0. The summed E-state index contributed by atoms with van der Waals surface area (Å²) < 4.78 is 0. The van der Waals surface area contributed by atoms with E-state index in [0.29, 0.717) is 19.5 Å². The lowest BCUT2D eigenvalue weighted by Crippen LogP contribution is -2.38. The fourth-order valence-electron chi connectivity index (χ4n) is 1.59. The second-order valence-corrected chi connectivity index (χ2v) is 4.03. The lowest BCUT2D eigenvalue weighted by molar-refractivity contribution is -0.121. The summed E-state index contributed by atoms with van der Waals surface area (Å²) >= 11 is 0. The SMILES string of the molecule is CC(=O)C(C)N(CCC#N)Cc1cccnc1. The van der Waals surface area contributed by atoms with E-state index in [2.05, 4.69) is 11.1 Å². The van der Waals surface area contributed by atoms with Crippen molar-refractivity contribution >= 4 is 5.78 Å². The van der Waals surface area contributed by atoms with Gasteiger partial charge in [-0.25, -0.2) is 0 Å². The minimum absolute atomic E-state index is 0.117. The Bertz CT molecular complexity index is 397. The molecule has 1 unspecified atom stereocenters. The molecule has 1 aromatic rings. The second kappa shape index (κ2) is 6.77. The molecule has 0 aliphatic heterocycles.